The van der Waals surface area contributed by atoms with Crippen molar-refractivity contribution in [2.24, 2.45) is 5.73 Å². The molecule has 0 radical (unpaired) electrons. The number of carbonyl (C=O) groups excluding carboxylic acids is 1. The van der Waals surface area contributed by atoms with E-state index in [1.807, 2.05) is 0 Å². The average molecular weight is 397 g/mol. The molecule has 0 aliphatic carbocycles. The second-order valence-electron chi connectivity index (χ2n) is 5.77. The topological polar surface area (TPSA) is 116 Å². The summed E-state index contributed by atoms with van der Waals surface area (Å²) in [6.45, 7) is -0.166. The molecule has 2 rings (SSSR count). The fourth-order valence-electron chi connectivity index (χ4n) is 2.81. The van der Waals surface area contributed by atoms with Crippen molar-refractivity contribution < 1.29 is 23.7 Å². The number of nitrogens with one attached hydrogen (secondary N) is 1. The van der Waals surface area contributed by atoms with Gasteiger partial charge in [-0.3, -0.25) is 4.79 Å². The number of carbonyl (C=O) groups is 1. The molecule has 29 heavy (non-hydrogen) atoms. The van der Waals surface area contributed by atoms with Crippen molar-refractivity contribution in [2.75, 3.05) is 40.3 Å². The van der Waals surface area contributed by atoms with Crippen molar-refractivity contribution in [1.29, 1.82) is 5.26 Å². The first kappa shape index (κ1) is 21.6. The van der Waals surface area contributed by atoms with E-state index < -0.39 is 0 Å². The third kappa shape index (κ3) is 4.78. The average Bonchev–Trinajstić information content (AvgIpc) is 2.76. The lowest BCUT2D eigenvalue weighted by molar-refractivity contribution is -0.114. The molecular weight excluding hydrogens is 374 g/mol. The van der Waals surface area contributed by atoms with Crippen LogP contribution in [0.4, 0.5) is 5.69 Å². The minimum Gasteiger partial charge on any atom is -0.495 e. The molecule has 0 aromatic heterocycles. The van der Waals surface area contributed by atoms with Crippen LogP contribution in [0.3, 0.4) is 0 Å². The summed E-state index contributed by atoms with van der Waals surface area (Å²) in [4.78, 5) is 11.8. The Labute approximate surface area is 169 Å². The van der Waals surface area contributed by atoms with Crippen LogP contribution in [0.15, 0.2) is 36.4 Å². The van der Waals surface area contributed by atoms with Gasteiger partial charge in [0, 0.05) is 6.08 Å². The number of amides is 1. The highest BCUT2D eigenvalue weighted by molar-refractivity contribution is 5.95. The third-order valence-corrected chi connectivity index (χ3v) is 4.15. The van der Waals surface area contributed by atoms with Crippen molar-refractivity contribution >= 4 is 17.2 Å². The smallest absolute Gasteiger partial charge is 0.238 e. The molecule has 0 atom stereocenters. The number of nitrogens with two attached hydrogens (primary N) is 1. The van der Waals surface area contributed by atoms with Crippen LogP contribution in [0.1, 0.15) is 11.1 Å². The summed E-state index contributed by atoms with van der Waals surface area (Å²) in [6.07, 6.45) is 1.40. The summed E-state index contributed by atoms with van der Waals surface area (Å²) in [7, 11) is 6.05. The largest absolute Gasteiger partial charge is 0.495 e. The van der Waals surface area contributed by atoms with Gasteiger partial charge in [-0.1, -0.05) is 6.07 Å². The predicted molar refractivity (Wildman–Crippen MR) is 109 cm³/mol. The van der Waals surface area contributed by atoms with Gasteiger partial charge in [-0.25, -0.2) is 0 Å². The fraction of sp³-hybridized carbons (Fsp3) is 0.238. The maximum absolute atomic E-state index is 11.8. The zero-order valence-corrected chi connectivity index (χ0v) is 16.7. The maximum Gasteiger partial charge on any atom is 0.238 e. The minimum absolute atomic E-state index is 0.166. The molecule has 0 saturated heterocycles. The van der Waals surface area contributed by atoms with Crippen LogP contribution < -0.4 is 30.0 Å². The zero-order valence-electron chi connectivity index (χ0n) is 16.7. The second-order valence-corrected chi connectivity index (χ2v) is 5.77. The van der Waals surface area contributed by atoms with Crippen LogP contribution in [0.5, 0.6) is 23.0 Å². The van der Waals surface area contributed by atoms with E-state index >= 15 is 0 Å². The summed E-state index contributed by atoms with van der Waals surface area (Å²) < 4.78 is 21.5. The van der Waals surface area contributed by atoms with Crippen LogP contribution in [-0.2, 0) is 4.79 Å². The van der Waals surface area contributed by atoms with Gasteiger partial charge in [0.25, 0.3) is 0 Å². The highest BCUT2D eigenvalue weighted by Crippen LogP contribution is 2.41. The summed E-state index contributed by atoms with van der Waals surface area (Å²) in [5.74, 6) is 1.46. The quantitative estimate of drug-likeness (QED) is 0.658. The lowest BCUT2D eigenvalue weighted by Gasteiger charge is -2.17. The number of hydrogen-bond donors (Lipinski definition) is 2. The Morgan fingerprint density at radius 1 is 1.00 bits per heavy atom. The van der Waals surface area contributed by atoms with Gasteiger partial charge in [0.15, 0.2) is 11.5 Å². The Bertz CT molecular complexity index is 938. The van der Waals surface area contributed by atoms with Crippen LogP contribution in [0, 0.1) is 11.3 Å². The van der Waals surface area contributed by atoms with Gasteiger partial charge in [0.1, 0.15) is 5.75 Å². The van der Waals surface area contributed by atoms with Crippen molar-refractivity contribution in [3.63, 3.8) is 0 Å². The van der Waals surface area contributed by atoms with E-state index in [9.17, 15) is 10.1 Å². The molecule has 152 valence electrons. The van der Waals surface area contributed by atoms with E-state index in [2.05, 4.69) is 11.4 Å². The van der Waals surface area contributed by atoms with E-state index in [1.165, 1.54) is 34.5 Å². The Hall–Kier alpha value is -3.70. The number of benzene rings is 2. The van der Waals surface area contributed by atoms with Crippen LogP contribution in [0.2, 0.25) is 0 Å². The third-order valence-electron chi connectivity index (χ3n) is 4.15. The van der Waals surface area contributed by atoms with Crippen molar-refractivity contribution in [1.82, 2.24) is 0 Å². The van der Waals surface area contributed by atoms with Crippen LogP contribution >= 0.6 is 0 Å². The first-order valence-electron chi connectivity index (χ1n) is 8.61. The molecule has 0 unspecified atom stereocenters. The molecule has 0 heterocycles. The highest BCUT2D eigenvalue weighted by atomic mass is 16.5. The first-order chi connectivity index (χ1) is 14.0. The van der Waals surface area contributed by atoms with Crippen molar-refractivity contribution in [3.05, 3.63) is 47.5 Å². The van der Waals surface area contributed by atoms with E-state index in [4.69, 9.17) is 24.7 Å². The summed E-state index contributed by atoms with van der Waals surface area (Å²) in [5.41, 5.74) is 7.77. The SMILES string of the molecule is COc1ccc(/C(=C/C#N)c2cc(OC)c(OC)c(OC)c2)cc1NC(=O)CN. The molecule has 0 aliphatic heterocycles. The molecule has 1 amide bonds. The number of methoxy groups -OCH3 is 4. The molecular formula is C21H23N3O5. The number of allylic oxidation sites excluding steroid dienone is 1. The van der Waals surface area contributed by atoms with Gasteiger partial charge in [-0.05, 0) is 41.0 Å². The monoisotopic (exact) mass is 397 g/mol. The van der Waals surface area contributed by atoms with Crippen LogP contribution in [0.25, 0.3) is 5.57 Å². The molecule has 0 aliphatic rings. The number of rotatable bonds is 8. The lowest BCUT2D eigenvalue weighted by atomic mass is 9.96. The molecule has 2 aromatic carbocycles. The summed E-state index contributed by atoms with van der Waals surface area (Å²) >= 11 is 0. The molecule has 0 spiro atoms. The predicted octanol–water partition coefficient (Wildman–Crippen LogP) is 2.57. The number of nitrogens with zero attached hydrogens (tertiary/aromatic N) is 1. The molecule has 2 aromatic rings. The minimum atomic E-state index is -0.362. The Kier molecular flexibility index (Phi) is 7.46. The standard InChI is InChI=1S/C21H23N3O5/c1-26-17-6-5-13(9-16(17)24-20(25)12-23)15(7-8-22)14-10-18(27-2)21(29-4)19(11-14)28-3/h5-7,9-11H,12,23H2,1-4H3,(H,24,25)/b15-7-. The number of nitriles is 1. The van der Waals surface area contributed by atoms with Gasteiger partial charge < -0.3 is 30.0 Å². The fourth-order valence-corrected chi connectivity index (χ4v) is 2.81. The van der Waals surface area contributed by atoms with Gasteiger partial charge in [-0.15, -0.1) is 0 Å². The van der Waals surface area contributed by atoms with E-state index in [0.717, 1.165) is 0 Å². The van der Waals surface area contributed by atoms with Crippen molar-refractivity contribution in [3.8, 4) is 29.1 Å². The number of anilines is 1. The molecule has 0 saturated carbocycles. The van der Waals surface area contributed by atoms with E-state index in [-0.39, 0.29) is 12.5 Å². The molecule has 0 fully saturated rings. The second kappa shape index (κ2) is 10.0. The summed E-state index contributed by atoms with van der Waals surface area (Å²) in [5, 5.41) is 12.0. The number of ether oxygens (including phenoxy) is 4. The Morgan fingerprint density at radius 2 is 1.62 bits per heavy atom. The Morgan fingerprint density at radius 3 is 2.10 bits per heavy atom. The van der Waals surface area contributed by atoms with Gasteiger partial charge >= 0.3 is 0 Å². The first-order valence-corrected chi connectivity index (χ1v) is 8.61. The van der Waals surface area contributed by atoms with E-state index in [0.29, 0.717) is 45.4 Å². The lowest BCUT2D eigenvalue weighted by Crippen LogP contribution is -2.22. The zero-order chi connectivity index (χ0) is 21.4. The van der Waals surface area contributed by atoms with Gasteiger partial charge in [0.05, 0.1) is 46.7 Å². The molecule has 0 bridgehead atoms. The van der Waals surface area contributed by atoms with Crippen LogP contribution in [-0.4, -0.2) is 40.9 Å². The maximum atomic E-state index is 11.8. The van der Waals surface area contributed by atoms with E-state index in [1.54, 1.807) is 30.3 Å². The normalized spacial score (nSPS) is 10.7. The number of hydrogen-bond acceptors (Lipinski definition) is 7. The van der Waals surface area contributed by atoms with Gasteiger partial charge in [0.2, 0.25) is 11.7 Å². The van der Waals surface area contributed by atoms with Gasteiger partial charge in [-0.2, -0.15) is 5.26 Å². The van der Waals surface area contributed by atoms with Crippen molar-refractivity contribution in [2.45, 2.75) is 0 Å². The highest BCUT2D eigenvalue weighted by Gasteiger charge is 2.17. The molecule has 8 nitrogen and oxygen atoms in total. The Balaban J connectivity index is 2.64. The molecule has 8 heteroatoms. The summed E-state index contributed by atoms with van der Waals surface area (Å²) in [6, 6.07) is 10.7. The molecule has 3 N–H and O–H groups in total.